The van der Waals surface area contributed by atoms with E-state index in [0.717, 1.165) is 0 Å². The van der Waals surface area contributed by atoms with Gasteiger partial charge in [-0.3, -0.25) is 4.72 Å². The van der Waals surface area contributed by atoms with Crippen LogP contribution in [0.4, 0.5) is 5.69 Å². The zero-order chi connectivity index (χ0) is 17.9. The average molecular weight is 380 g/mol. The molecule has 6 heteroatoms. The van der Waals surface area contributed by atoms with Crippen molar-refractivity contribution in [2.24, 2.45) is 0 Å². The summed E-state index contributed by atoms with van der Waals surface area (Å²) in [5.41, 5.74) is 1.55. The second-order valence-corrected chi connectivity index (χ2v) is 8.47. The third-order valence-corrected chi connectivity index (χ3v) is 6.29. The van der Waals surface area contributed by atoms with E-state index in [-0.39, 0.29) is 4.90 Å². The van der Waals surface area contributed by atoms with Crippen LogP contribution in [-0.4, -0.2) is 15.5 Å². The van der Waals surface area contributed by atoms with Crippen LogP contribution in [0.15, 0.2) is 47.4 Å². The monoisotopic (exact) mass is 379 g/mol. The number of sulfonamides is 1. The number of nitrogens with one attached hydrogen (secondary N) is 1. The molecule has 0 spiro atoms. The van der Waals surface area contributed by atoms with Gasteiger partial charge in [0.05, 0.1) is 17.7 Å². The van der Waals surface area contributed by atoms with Crippen molar-refractivity contribution < 1.29 is 13.2 Å². The van der Waals surface area contributed by atoms with Gasteiger partial charge in [0.25, 0.3) is 10.0 Å². The molecule has 0 heterocycles. The van der Waals surface area contributed by atoms with Gasteiger partial charge in [-0.15, -0.1) is 0 Å². The van der Waals surface area contributed by atoms with E-state index in [1.807, 2.05) is 12.1 Å². The predicted octanol–water partition coefficient (Wildman–Crippen LogP) is 5.20. The van der Waals surface area contributed by atoms with Gasteiger partial charge in [0.2, 0.25) is 0 Å². The van der Waals surface area contributed by atoms with Gasteiger partial charge in [0, 0.05) is 5.02 Å². The summed E-state index contributed by atoms with van der Waals surface area (Å²) in [6.45, 7) is 0. The lowest BCUT2D eigenvalue weighted by Crippen LogP contribution is -2.14. The number of hydrogen-bond acceptors (Lipinski definition) is 3. The van der Waals surface area contributed by atoms with Gasteiger partial charge in [-0.2, -0.15) is 0 Å². The van der Waals surface area contributed by atoms with Crippen molar-refractivity contribution >= 4 is 27.3 Å². The van der Waals surface area contributed by atoms with E-state index < -0.39 is 10.0 Å². The zero-order valence-electron chi connectivity index (χ0n) is 14.2. The van der Waals surface area contributed by atoms with Crippen molar-refractivity contribution in [2.75, 3.05) is 11.8 Å². The first-order valence-electron chi connectivity index (χ1n) is 8.46. The van der Waals surface area contributed by atoms with E-state index in [9.17, 15) is 8.42 Å². The lowest BCUT2D eigenvalue weighted by atomic mass is 9.84. The van der Waals surface area contributed by atoms with Crippen LogP contribution in [0.2, 0.25) is 5.02 Å². The molecule has 2 aromatic rings. The van der Waals surface area contributed by atoms with Gasteiger partial charge in [-0.05, 0) is 54.7 Å². The molecule has 2 aromatic carbocycles. The maximum absolute atomic E-state index is 12.7. The first-order chi connectivity index (χ1) is 12.0. The summed E-state index contributed by atoms with van der Waals surface area (Å²) < 4.78 is 33.1. The number of hydrogen-bond donors (Lipinski definition) is 1. The Balaban J connectivity index is 1.81. The number of benzene rings is 2. The number of anilines is 1. The quantitative estimate of drug-likeness (QED) is 0.777. The largest absolute Gasteiger partial charge is 0.495 e. The van der Waals surface area contributed by atoms with Crippen molar-refractivity contribution in [2.45, 2.75) is 42.9 Å². The molecule has 3 rings (SSSR count). The second kappa shape index (κ2) is 7.67. The SMILES string of the molecule is COc1ccc(Cl)cc1NS(=O)(=O)c1ccc(C2CCCCC2)cc1. The third kappa shape index (κ3) is 4.28. The minimum absolute atomic E-state index is 0.231. The lowest BCUT2D eigenvalue weighted by Gasteiger charge is -2.22. The second-order valence-electron chi connectivity index (χ2n) is 6.35. The van der Waals surface area contributed by atoms with Crippen LogP contribution in [0.25, 0.3) is 0 Å². The fourth-order valence-corrected chi connectivity index (χ4v) is 4.55. The number of halogens is 1. The van der Waals surface area contributed by atoms with Gasteiger partial charge < -0.3 is 4.74 Å². The van der Waals surface area contributed by atoms with E-state index in [1.165, 1.54) is 50.8 Å². The summed E-state index contributed by atoms with van der Waals surface area (Å²) in [7, 11) is -2.21. The Morgan fingerprint density at radius 1 is 1.04 bits per heavy atom. The number of ether oxygens (including phenoxy) is 1. The highest BCUT2D eigenvalue weighted by molar-refractivity contribution is 7.92. The van der Waals surface area contributed by atoms with Crippen LogP contribution in [0, 0.1) is 0 Å². The van der Waals surface area contributed by atoms with E-state index in [1.54, 1.807) is 24.3 Å². The fourth-order valence-electron chi connectivity index (χ4n) is 3.32. The fraction of sp³-hybridized carbons (Fsp3) is 0.368. The molecule has 0 saturated heterocycles. The Kier molecular flexibility index (Phi) is 5.54. The first-order valence-corrected chi connectivity index (χ1v) is 10.3. The summed E-state index contributed by atoms with van der Waals surface area (Å²) in [4.78, 5) is 0.231. The third-order valence-electron chi connectivity index (χ3n) is 4.67. The molecule has 1 saturated carbocycles. The van der Waals surface area contributed by atoms with Crippen molar-refractivity contribution in [1.29, 1.82) is 0 Å². The molecule has 0 amide bonds. The Hall–Kier alpha value is -1.72. The molecule has 0 aromatic heterocycles. The van der Waals surface area contributed by atoms with Crippen molar-refractivity contribution in [1.82, 2.24) is 0 Å². The Morgan fingerprint density at radius 2 is 1.72 bits per heavy atom. The standard InChI is InChI=1S/C19H22ClNO3S/c1-24-19-12-9-16(20)13-18(19)21-25(22,23)17-10-7-15(8-11-17)14-5-3-2-4-6-14/h7-14,21H,2-6H2,1H3. The molecule has 0 bridgehead atoms. The highest BCUT2D eigenvalue weighted by Crippen LogP contribution is 2.34. The molecule has 134 valence electrons. The molecule has 1 aliphatic rings. The van der Waals surface area contributed by atoms with Crippen LogP contribution in [-0.2, 0) is 10.0 Å². The first kappa shape index (κ1) is 18.1. The molecule has 1 N–H and O–H groups in total. The maximum atomic E-state index is 12.7. The normalized spacial score (nSPS) is 15.8. The van der Waals surface area contributed by atoms with Gasteiger partial charge in [0.1, 0.15) is 5.75 Å². The topological polar surface area (TPSA) is 55.4 Å². The van der Waals surface area contributed by atoms with Crippen LogP contribution >= 0.6 is 11.6 Å². The molecular formula is C19H22ClNO3S. The Morgan fingerprint density at radius 3 is 2.36 bits per heavy atom. The van der Waals surface area contributed by atoms with Crippen molar-refractivity contribution in [3.63, 3.8) is 0 Å². The van der Waals surface area contributed by atoms with Gasteiger partial charge in [-0.1, -0.05) is 43.0 Å². The smallest absolute Gasteiger partial charge is 0.262 e. The van der Waals surface area contributed by atoms with E-state index in [4.69, 9.17) is 16.3 Å². The zero-order valence-corrected chi connectivity index (χ0v) is 15.7. The van der Waals surface area contributed by atoms with Gasteiger partial charge in [0.15, 0.2) is 0 Å². The summed E-state index contributed by atoms with van der Waals surface area (Å²) >= 11 is 5.97. The molecule has 0 unspecified atom stereocenters. The molecule has 4 nitrogen and oxygen atoms in total. The van der Waals surface area contributed by atoms with Crippen LogP contribution in [0.3, 0.4) is 0 Å². The molecule has 1 fully saturated rings. The van der Waals surface area contributed by atoms with Crippen molar-refractivity contribution in [3.05, 3.63) is 53.1 Å². The molecule has 0 radical (unpaired) electrons. The van der Waals surface area contributed by atoms with E-state index in [0.29, 0.717) is 22.4 Å². The highest BCUT2D eigenvalue weighted by Gasteiger charge is 2.19. The maximum Gasteiger partial charge on any atom is 0.262 e. The molecule has 1 aliphatic carbocycles. The highest BCUT2D eigenvalue weighted by atomic mass is 35.5. The van der Waals surface area contributed by atoms with Crippen LogP contribution in [0.5, 0.6) is 5.75 Å². The van der Waals surface area contributed by atoms with E-state index in [2.05, 4.69) is 4.72 Å². The van der Waals surface area contributed by atoms with Crippen LogP contribution < -0.4 is 9.46 Å². The summed E-state index contributed by atoms with van der Waals surface area (Å²) in [6, 6.07) is 12.0. The minimum Gasteiger partial charge on any atom is -0.495 e. The summed E-state index contributed by atoms with van der Waals surface area (Å²) in [5, 5.41) is 0.436. The van der Waals surface area contributed by atoms with Crippen molar-refractivity contribution in [3.8, 4) is 5.75 Å². The minimum atomic E-state index is -3.70. The molecular weight excluding hydrogens is 358 g/mol. The average Bonchev–Trinajstić information content (AvgIpc) is 2.62. The predicted molar refractivity (Wildman–Crippen MR) is 101 cm³/mol. The molecule has 0 aliphatic heterocycles. The Bertz CT molecular complexity index is 828. The Labute approximate surface area is 154 Å². The van der Waals surface area contributed by atoms with Crippen LogP contribution in [0.1, 0.15) is 43.6 Å². The summed E-state index contributed by atoms with van der Waals surface area (Å²) in [6.07, 6.45) is 6.17. The van der Waals surface area contributed by atoms with Gasteiger partial charge in [-0.25, -0.2) is 8.42 Å². The molecule has 0 atom stereocenters. The number of rotatable bonds is 5. The van der Waals surface area contributed by atoms with Gasteiger partial charge >= 0.3 is 0 Å². The summed E-state index contributed by atoms with van der Waals surface area (Å²) in [5.74, 6) is 0.971. The number of methoxy groups -OCH3 is 1. The lowest BCUT2D eigenvalue weighted by molar-refractivity contribution is 0.417. The van der Waals surface area contributed by atoms with E-state index >= 15 is 0 Å². The molecule has 25 heavy (non-hydrogen) atoms.